The van der Waals surface area contributed by atoms with Crippen LogP contribution in [0.15, 0.2) is 41.1 Å². The molecular weight excluding hydrogens is 234 g/mol. The molecule has 0 spiro atoms. The minimum atomic E-state index is -0.826. The maximum atomic E-state index is 11.9. The van der Waals surface area contributed by atoms with E-state index in [1.165, 1.54) is 0 Å². The van der Waals surface area contributed by atoms with Crippen LogP contribution in [0.3, 0.4) is 0 Å². The molecule has 1 aliphatic rings. The Morgan fingerprint density at radius 1 is 1.29 bits per heavy atom. The Morgan fingerprint density at radius 2 is 2.12 bits per heavy atom. The predicted molar refractivity (Wildman–Crippen MR) is 66.0 cm³/mol. The number of methoxy groups -OCH3 is 1. The fraction of sp³-hybridized carbons (Fsp3) is 0.154. The zero-order valence-electron chi connectivity index (χ0n) is 9.27. The average molecular weight is 245 g/mol. The van der Waals surface area contributed by atoms with E-state index >= 15 is 0 Å². The van der Waals surface area contributed by atoms with Gasteiger partial charge in [-0.2, -0.15) is 11.3 Å². The summed E-state index contributed by atoms with van der Waals surface area (Å²) in [7, 11) is 1.61. The van der Waals surface area contributed by atoms with Gasteiger partial charge in [-0.3, -0.25) is 4.79 Å². The third-order valence-electron chi connectivity index (χ3n) is 3.07. The van der Waals surface area contributed by atoms with Crippen LogP contribution in [-0.2, 0) is 10.5 Å². The summed E-state index contributed by atoms with van der Waals surface area (Å²) in [6.07, 6.45) is 0. The Morgan fingerprint density at radius 3 is 2.82 bits per heavy atom. The van der Waals surface area contributed by atoms with Crippen molar-refractivity contribution in [2.45, 2.75) is 5.72 Å². The van der Waals surface area contributed by atoms with Crippen molar-refractivity contribution in [2.75, 3.05) is 7.11 Å². The molecule has 0 radical (unpaired) electrons. The monoisotopic (exact) mass is 245 g/mol. The average Bonchev–Trinajstić information content (AvgIpc) is 2.97. The molecule has 3 rings (SSSR count). The fourth-order valence-electron chi connectivity index (χ4n) is 2.25. The van der Waals surface area contributed by atoms with Crippen LogP contribution in [0.25, 0.3) is 0 Å². The zero-order chi connectivity index (χ0) is 11.9. The highest BCUT2D eigenvalue weighted by Gasteiger charge is 2.44. The molecule has 86 valence electrons. The Balaban J connectivity index is 2.25. The summed E-state index contributed by atoms with van der Waals surface area (Å²) >= 11 is 1.58. The Bertz CT molecular complexity index is 565. The highest BCUT2D eigenvalue weighted by Crippen LogP contribution is 2.38. The summed E-state index contributed by atoms with van der Waals surface area (Å²) < 4.78 is 5.61. The van der Waals surface area contributed by atoms with E-state index in [9.17, 15) is 4.79 Å². The maximum Gasteiger partial charge on any atom is 0.254 e. The number of hydrogen-bond donors (Lipinski definition) is 1. The number of rotatable bonds is 2. The first-order chi connectivity index (χ1) is 8.28. The van der Waals surface area contributed by atoms with Crippen LogP contribution in [0.1, 0.15) is 21.5 Å². The molecule has 1 aliphatic heterocycles. The van der Waals surface area contributed by atoms with Crippen LogP contribution >= 0.6 is 11.3 Å². The van der Waals surface area contributed by atoms with E-state index in [1.807, 2.05) is 41.1 Å². The lowest BCUT2D eigenvalue weighted by Gasteiger charge is -2.28. The van der Waals surface area contributed by atoms with Crippen molar-refractivity contribution in [2.24, 2.45) is 0 Å². The van der Waals surface area contributed by atoms with E-state index in [0.717, 1.165) is 11.1 Å². The van der Waals surface area contributed by atoms with Gasteiger partial charge in [0.1, 0.15) is 0 Å². The number of ether oxygens (including phenoxy) is 1. The molecule has 1 aromatic heterocycles. The minimum absolute atomic E-state index is 0.0892. The van der Waals surface area contributed by atoms with Gasteiger partial charge in [0, 0.05) is 23.8 Å². The number of benzene rings is 1. The quantitative estimate of drug-likeness (QED) is 0.882. The fourth-order valence-corrected chi connectivity index (χ4v) is 2.95. The first kappa shape index (κ1) is 10.5. The molecule has 1 N–H and O–H groups in total. The molecule has 1 atom stereocenters. The van der Waals surface area contributed by atoms with Crippen molar-refractivity contribution >= 4 is 17.2 Å². The van der Waals surface area contributed by atoms with Crippen LogP contribution in [0.4, 0.5) is 0 Å². The van der Waals surface area contributed by atoms with E-state index in [4.69, 9.17) is 4.74 Å². The second kappa shape index (κ2) is 3.68. The Labute approximate surface area is 103 Å². The number of amides is 1. The van der Waals surface area contributed by atoms with Crippen molar-refractivity contribution in [1.29, 1.82) is 0 Å². The van der Waals surface area contributed by atoms with Gasteiger partial charge in [0.05, 0.1) is 0 Å². The number of thiophene rings is 1. The van der Waals surface area contributed by atoms with Crippen molar-refractivity contribution < 1.29 is 9.53 Å². The molecule has 3 nitrogen and oxygen atoms in total. The molecule has 0 saturated heterocycles. The normalized spacial score (nSPS) is 22.3. The number of nitrogens with one attached hydrogen (secondary N) is 1. The highest BCUT2D eigenvalue weighted by molar-refractivity contribution is 7.08. The molecule has 0 saturated carbocycles. The molecule has 2 aromatic rings. The smallest absolute Gasteiger partial charge is 0.254 e. The molecule has 1 aromatic carbocycles. The van der Waals surface area contributed by atoms with Crippen molar-refractivity contribution in [3.63, 3.8) is 0 Å². The van der Waals surface area contributed by atoms with E-state index in [1.54, 1.807) is 18.4 Å². The van der Waals surface area contributed by atoms with Crippen LogP contribution in [0, 0.1) is 0 Å². The number of carbonyl (C=O) groups excluding carboxylic acids is 1. The summed E-state index contributed by atoms with van der Waals surface area (Å²) in [5, 5.41) is 6.90. The third-order valence-corrected chi connectivity index (χ3v) is 3.76. The van der Waals surface area contributed by atoms with Crippen LogP contribution in [0.2, 0.25) is 0 Å². The molecule has 1 unspecified atom stereocenters. The number of carbonyl (C=O) groups is 1. The molecule has 1 amide bonds. The van der Waals surface area contributed by atoms with Crippen molar-refractivity contribution in [1.82, 2.24) is 5.32 Å². The summed E-state index contributed by atoms with van der Waals surface area (Å²) in [6.45, 7) is 0. The van der Waals surface area contributed by atoms with Crippen molar-refractivity contribution in [3.8, 4) is 0 Å². The van der Waals surface area contributed by atoms with E-state index < -0.39 is 5.72 Å². The van der Waals surface area contributed by atoms with E-state index in [-0.39, 0.29) is 5.91 Å². The zero-order valence-corrected chi connectivity index (χ0v) is 10.1. The number of fused-ring (bicyclic) bond motifs is 1. The van der Waals surface area contributed by atoms with E-state index in [2.05, 4.69) is 5.32 Å². The van der Waals surface area contributed by atoms with Crippen molar-refractivity contribution in [3.05, 3.63) is 57.8 Å². The number of hydrogen-bond acceptors (Lipinski definition) is 3. The molecule has 0 bridgehead atoms. The molecule has 0 aliphatic carbocycles. The maximum absolute atomic E-state index is 11.9. The van der Waals surface area contributed by atoms with Gasteiger partial charge in [-0.15, -0.1) is 0 Å². The van der Waals surface area contributed by atoms with Gasteiger partial charge >= 0.3 is 0 Å². The van der Waals surface area contributed by atoms with E-state index in [0.29, 0.717) is 5.56 Å². The van der Waals surface area contributed by atoms with Crippen LogP contribution < -0.4 is 5.32 Å². The second-order valence-electron chi connectivity index (χ2n) is 3.90. The first-order valence-corrected chi connectivity index (χ1v) is 6.22. The summed E-state index contributed by atoms with van der Waals surface area (Å²) in [5.41, 5.74) is 1.70. The molecule has 4 heteroatoms. The largest absolute Gasteiger partial charge is 0.351 e. The lowest BCUT2D eigenvalue weighted by atomic mass is 9.96. The Kier molecular flexibility index (Phi) is 2.28. The molecule has 0 fully saturated rings. The van der Waals surface area contributed by atoms with Crippen LogP contribution in [0.5, 0.6) is 0 Å². The van der Waals surface area contributed by atoms with Gasteiger partial charge in [-0.05, 0) is 22.9 Å². The van der Waals surface area contributed by atoms with Gasteiger partial charge in [-0.25, -0.2) is 0 Å². The summed E-state index contributed by atoms with van der Waals surface area (Å²) in [6, 6.07) is 9.49. The minimum Gasteiger partial charge on any atom is -0.351 e. The topological polar surface area (TPSA) is 38.3 Å². The first-order valence-electron chi connectivity index (χ1n) is 5.28. The standard InChI is InChI=1S/C13H11NO2S/c1-16-13(9-6-7-17-8-9)11-5-3-2-4-10(11)12(15)14-13/h2-8H,1H3,(H,14,15). The summed E-state index contributed by atoms with van der Waals surface area (Å²) in [5.74, 6) is -0.0892. The molecular formula is C13H11NO2S. The van der Waals surface area contributed by atoms with Gasteiger partial charge in [0.25, 0.3) is 5.91 Å². The summed E-state index contributed by atoms with van der Waals surface area (Å²) in [4.78, 5) is 11.9. The SMILES string of the molecule is COC1(c2ccsc2)NC(=O)c2ccccc21. The van der Waals surface area contributed by atoms with Crippen LogP contribution in [-0.4, -0.2) is 13.0 Å². The molecule has 17 heavy (non-hydrogen) atoms. The van der Waals surface area contributed by atoms with Gasteiger partial charge < -0.3 is 10.1 Å². The Hall–Kier alpha value is -1.65. The lowest BCUT2D eigenvalue weighted by molar-refractivity contribution is 0.00367. The highest BCUT2D eigenvalue weighted by atomic mass is 32.1. The molecule has 2 heterocycles. The second-order valence-corrected chi connectivity index (χ2v) is 4.68. The van der Waals surface area contributed by atoms with Gasteiger partial charge in [0.2, 0.25) is 0 Å². The predicted octanol–water partition coefficient (Wildman–Crippen LogP) is 2.34. The third kappa shape index (κ3) is 1.34. The van der Waals surface area contributed by atoms with Gasteiger partial charge in [-0.1, -0.05) is 18.2 Å². The van der Waals surface area contributed by atoms with Gasteiger partial charge in [0.15, 0.2) is 5.72 Å². The lowest BCUT2D eigenvalue weighted by Crippen LogP contribution is -2.41.